The fourth-order valence-corrected chi connectivity index (χ4v) is 5.03. The minimum atomic E-state index is -0.0329. The van der Waals surface area contributed by atoms with Crippen molar-refractivity contribution < 1.29 is 4.79 Å². The Hall–Kier alpha value is -2.54. The number of thioether (sulfide) groups is 1. The largest absolute Gasteiger partial charge is 0.381 e. The SMILES string of the molecule is O=C(NCC1CCSCC1)c1cnc2ccc(-c3cn[nH]c3)cc2c1NC1CC1. The average Bonchev–Trinajstić information content (AvgIpc) is 3.41. The summed E-state index contributed by atoms with van der Waals surface area (Å²) in [6.45, 7) is 0.745. The molecule has 0 spiro atoms. The molecule has 1 saturated heterocycles. The lowest BCUT2D eigenvalue weighted by Crippen LogP contribution is -2.31. The van der Waals surface area contributed by atoms with Gasteiger partial charge in [0.25, 0.3) is 5.91 Å². The molecule has 1 aliphatic carbocycles. The van der Waals surface area contributed by atoms with Crippen LogP contribution in [-0.4, -0.2) is 45.2 Å². The molecular formula is C22H25N5OS. The number of amides is 1. The molecule has 0 atom stereocenters. The molecule has 3 heterocycles. The number of nitrogens with one attached hydrogen (secondary N) is 3. The molecule has 5 rings (SSSR count). The number of anilines is 1. The molecule has 1 amide bonds. The summed E-state index contributed by atoms with van der Waals surface area (Å²) >= 11 is 2.01. The number of nitrogens with zero attached hydrogens (tertiary/aromatic N) is 2. The van der Waals surface area contributed by atoms with Crippen molar-refractivity contribution in [2.45, 2.75) is 31.7 Å². The molecule has 7 heteroatoms. The molecule has 2 aliphatic rings. The highest BCUT2D eigenvalue weighted by atomic mass is 32.2. The molecule has 150 valence electrons. The van der Waals surface area contributed by atoms with Gasteiger partial charge in [0.2, 0.25) is 0 Å². The molecule has 0 unspecified atom stereocenters. The van der Waals surface area contributed by atoms with E-state index in [1.807, 2.05) is 36.3 Å². The molecule has 0 radical (unpaired) electrons. The Balaban J connectivity index is 1.47. The normalized spacial score (nSPS) is 17.4. The number of pyridine rings is 1. The molecule has 3 N–H and O–H groups in total. The summed E-state index contributed by atoms with van der Waals surface area (Å²) in [5.74, 6) is 2.95. The summed E-state index contributed by atoms with van der Waals surface area (Å²) in [4.78, 5) is 17.6. The zero-order valence-corrected chi connectivity index (χ0v) is 17.1. The summed E-state index contributed by atoms with van der Waals surface area (Å²) in [7, 11) is 0. The maximum atomic E-state index is 13.1. The number of aromatic amines is 1. The molecule has 3 aromatic rings. The third kappa shape index (κ3) is 4.10. The van der Waals surface area contributed by atoms with E-state index in [0.29, 0.717) is 17.5 Å². The predicted molar refractivity (Wildman–Crippen MR) is 118 cm³/mol. The van der Waals surface area contributed by atoms with Crippen molar-refractivity contribution in [1.82, 2.24) is 20.5 Å². The van der Waals surface area contributed by atoms with E-state index in [0.717, 1.165) is 47.1 Å². The minimum Gasteiger partial charge on any atom is -0.381 e. The van der Waals surface area contributed by atoms with Crippen LogP contribution < -0.4 is 10.6 Å². The maximum absolute atomic E-state index is 13.1. The molecule has 1 aromatic carbocycles. The van der Waals surface area contributed by atoms with Gasteiger partial charge in [-0.25, -0.2) is 0 Å². The van der Waals surface area contributed by atoms with Gasteiger partial charge in [-0.15, -0.1) is 0 Å². The second-order valence-electron chi connectivity index (χ2n) is 7.95. The van der Waals surface area contributed by atoms with E-state index >= 15 is 0 Å². The first-order valence-electron chi connectivity index (χ1n) is 10.3. The van der Waals surface area contributed by atoms with Gasteiger partial charge in [-0.3, -0.25) is 14.9 Å². The third-order valence-corrected chi connectivity index (χ3v) is 6.81. The first-order chi connectivity index (χ1) is 14.3. The lowest BCUT2D eigenvalue weighted by atomic mass is 10.0. The van der Waals surface area contributed by atoms with Gasteiger partial charge in [0.1, 0.15) is 0 Å². The second-order valence-corrected chi connectivity index (χ2v) is 9.17. The van der Waals surface area contributed by atoms with E-state index in [9.17, 15) is 4.79 Å². The van der Waals surface area contributed by atoms with Gasteiger partial charge in [0.15, 0.2) is 0 Å². The average molecular weight is 408 g/mol. The number of carbonyl (C=O) groups is 1. The molecule has 2 aromatic heterocycles. The van der Waals surface area contributed by atoms with Crippen LogP contribution in [0.1, 0.15) is 36.0 Å². The fraction of sp³-hybridized carbons (Fsp3) is 0.409. The third-order valence-electron chi connectivity index (χ3n) is 5.76. The number of carbonyl (C=O) groups excluding carboxylic acids is 1. The van der Waals surface area contributed by atoms with Crippen LogP contribution in [0.5, 0.6) is 0 Å². The van der Waals surface area contributed by atoms with E-state index < -0.39 is 0 Å². The summed E-state index contributed by atoms with van der Waals surface area (Å²) < 4.78 is 0. The lowest BCUT2D eigenvalue weighted by Gasteiger charge is -2.22. The first kappa shape index (κ1) is 18.5. The van der Waals surface area contributed by atoms with Crippen molar-refractivity contribution >= 4 is 34.3 Å². The van der Waals surface area contributed by atoms with Gasteiger partial charge < -0.3 is 10.6 Å². The van der Waals surface area contributed by atoms with E-state index in [1.54, 1.807) is 6.20 Å². The van der Waals surface area contributed by atoms with Crippen LogP contribution in [-0.2, 0) is 0 Å². The predicted octanol–water partition coefficient (Wildman–Crippen LogP) is 4.07. The van der Waals surface area contributed by atoms with Gasteiger partial charge in [-0.1, -0.05) is 6.07 Å². The van der Waals surface area contributed by atoms with E-state index in [4.69, 9.17) is 0 Å². The summed E-state index contributed by atoms with van der Waals surface area (Å²) in [6, 6.07) is 6.60. The topological polar surface area (TPSA) is 82.7 Å². The van der Waals surface area contributed by atoms with Gasteiger partial charge in [0.05, 0.1) is 23.0 Å². The molecule has 1 aliphatic heterocycles. The molecule has 2 fully saturated rings. The highest BCUT2D eigenvalue weighted by Crippen LogP contribution is 2.34. The zero-order valence-electron chi connectivity index (χ0n) is 16.3. The number of benzene rings is 1. The Bertz CT molecular complexity index is 1010. The standard InChI is InChI=1S/C22H25N5OS/c28-22(24-10-14-5-7-29-8-6-14)19-13-23-20-4-1-15(16-11-25-26-12-16)9-18(20)21(19)27-17-2-3-17/h1,4,9,11-14,17H,2-3,5-8,10H2,(H,23,27)(H,24,28)(H,25,26). The Morgan fingerprint density at radius 3 is 2.76 bits per heavy atom. The smallest absolute Gasteiger partial charge is 0.254 e. The fourth-order valence-electron chi connectivity index (χ4n) is 3.82. The zero-order chi connectivity index (χ0) is 19.6. The number of fused-ring (bicyclic) bond motifs is 1. The van der Waals surface area contributed by atoms with Gasteiger partial charge in [-0.2, -0.15) is 16.9 Å². The van der Waals surface area contributed by atoms with Crippen LogP contribution in [0.4, 0.5) is 5.69 Å². The summed E-state index contributed by atoms with van der Waals surface area (Å²) in [6.07, 6.45) is 10.1. The van der Waals surface area contributed by atoms with Crippen molar-refractivity contribution in [3.8, 4) is 11.1 Å². The van der Waals surface area contributed by atoms with Crippen molar-refractivity contribution in [3.63, 3.8) is 0 Å². The summed E-state index contributed by atoms with van der Waals surface area (Å²) in [5.41, 5.74) is 4.51. The van der Waals surface area contributed by atoms with Crippen LogP contribution in [0.3, 0.4) is 0 Å². The van der Waals surface area contributed by atoms with Crippen LogP contribution >= 0.6 is 11.8 Å². The minimum absolute atomic E-state index is 0.0329. The van der Waals surface area contributed by atoms with Gasteiger partial charge in [-0.05, 0) is 60.8 Å². The molecule has 29 heavy (non-hydrogen) atoms. The van der Waals surface area contributed by atoms with Gasteiger partial charge in [0, 0.05) is 35.9 Å². The molecule has 1 saturated carbocycles. The Kier molecular flexibility index (Phi) is 5.14. The van der Waals surface area contributed by atoms with Crippen LogP contribution in [0.15, 0.2) is 36.8 Å². The highest BCUT2D eigenvalue weighted by Gasteiger charge is 2.25. The number of aromatic nitrogens is 3. The number of rotatable bonds is 6. The monoisotopic (exact) mass is 407 g/mol. The summed E-state index contributed by atoms with van der Waals surface area (Å²) in [5, 5.41) is 14.7. The highest BCUT2D eigenvalue weighted by molar-refractivity contribution is 7.99. The Morgan fingerprint density at radius 2 is 2.00 bits per heavy atom. The Labute approximate surface area is 174 Å². The Morgan fingerprint density at radius 1 is 1.14 bits per heavy atom. The molecule has 6 nitrogen and oxygen atoms in total. The van der Waals surface area contributed by atoms with Crippen molar-refractivity contribution in [2.24, 2.45) is 5.92 Å². The first-order valence-corrected chi connectivity index (χ1v) is 11.5. The van der Waals surface area contributed by atoms with Crippen LogP contribution in [0.2, 0.25) is 0 Å². The molecular weight excluding hydrogens is 382 g/mol. The van der Waals surface area contributed by atoms with E-state index in [-0.39, 0.29) is 5.91 Å². The van der Waals surface area contributed by atoms with Crippen molar-refractivity contribution in [1.29, 1.82) is 0 Å². The quantitative estimate of drug-likeness (QED) is 0.574. The van der Waals surface area contributed by atoms with Crippen LogP contribution in [0, 0.1) is 5.92 Å². The van der Waals surface area contributed by atoms with E-state index in [2.05, 4.69) is 31.9 Å². The van der Waals surface area contributed by atoms with Crippen LogP contribution in [0.25, 0.3) is 22.0 Å². The second kappa shape index (κ2) is 8.06. The molecule has 0 bridgehead atoms. The van der Waals surface area contributed by atoms with Crippen molar-refractivity contribution in [3.05, 3.63) is 42.4 Å². The number of hydrogen-bond acceptors (Lipinski definition) is 5. The maximum Gasteiger partial charge on any atom is 0.254 e. The number of hydrogen-bond donors (Lipinski definition) is 3. The lowest BCUT2D eigenvalue weighted by molar-refractivity contribution is 0.0947. The van der Waals surface area contributed by atoms with Crippen molar-refractivity contribution in [2.75, 3.05) is 23.4 Å². The van der Waals surface area contributed by atoms with Gasteiger partial charge >= 0.3 is 0 Å². The van der Waals surface area contributed by atoms with E-state index in [1.165, 1.54) is 24.3 Å². The number of H-pyrrole nitrogens is 1.